The Bertz CT molecular complexity index is 611. The van der Waals surface area contributed by atoms with E-state index in [0.29, 0.717) is 18.4 Å². The van der Waals surface area contributed by atoms with Gasteiger partial charge >= 0.3 is 6.09 Å². The Balaban J connectivity index is 2.12. The van der Waals surface area contributed by atoms with E-state index in [1.807, 2.05) is 19.9 Å². The number of unbranched alkanes of at least 4 members (excludes halogenated alkanes) is 1. The summed E-state index contributed by atoms with van der Waals surface area (Å²) in [4.78, 5) is 25.8. The quantitative estimate of drug-likeness (QED) is 0.346. The van der Waals surface area contributed by atoms with E-state index in [1.165, 1.54) is 32.1 Å². The summed E-state index contributed by atoms with van der Waals surface area (Å²) in [6.45, 7) is 10.8. The van der Waals surface area contributed by atoms with E-state index >= 15 is 0 Å². The predicted octanol–water partition coefficient (Wildman–Crippen LogP) is 5.58. The second kappa shape index (κ2) is 11.9. The molecule has 6 heteroatoms. The number of nitrogens with one attached hydrogen (secondary N) is 1. The van der Waals surface area contributed by atoms with E-state index in [4.69, 9.17) is 4.74 Å². The summed E-state index contributed by atoms with van der Waals surface area (Å²) in [6.07, 6.45) is 12.3. The molecule has 1 saturated heterocycles. The number of rotatable bonds is 10. The first-order valence-corrected chi connectivity index (χ1v) is 12.3. The molecular formula is C25H44N2O4. The van der Waals surface area contributed by atoms with Crippen LogP contribution < -0.4 is 5.32 Å². The molecule has 31 heavy (non-hydrogen) atoms. The first kappa shape index (κ1) is 25.7. The topological polar surface area (TPSA) is 78.9 Å². The zero-order chi connectivity index (χ0) is 23.0. The van der Waals surface area contributed by atoms with Crippen LogP contribution in [-0.4, -0.2) is 46.4 Å². The summed E-state index contributed by atoms with van der Waals surface area (Å²) in [5.41, 5.74) is -0.835. The van der Waals surface area contributed by atoms with Gasteiger partial charge < -0.3 is 15.2 Å². The third kappa shape index (κ3) is 7.51. The van der Waals surface area contributed by atoms with Gasteiger partial charge in [-0.05, 0) is 56.9 Å². The Morgan fingerprint density at radius 2 is 1.90 bits per heavy atom. The lowest BCUT2D eigenvalue weighted by Crippen LogP contribution is -2.48. The molecule has 0 aromatic carbocycles. The van der Waals surface area contributed by atoms with Gasteiger partial charge in [0.2, 0.25) is 5.91 Å². The monoisotopic (exact) mass is 436 g/mol. The molecule has 1 aliphatic carbocycles. The second-order valence-corrected chi connectivity index (χ2v) is 10.2. The molecule has 0 aromatic rings. The van der Waals surface area contributed by atoms with E-state index in [9.17, 15) is 14.7 Å². The molecule has 2 N–H and O–H groups in total. The highest BCUT2D eigenvalue weighted by molar-refractivity contribution is 5.87. The van der Waals surface area contributed by atoms with Gasteiger partial charge in [0.1, 0.15) is 5.72 Å². The first-order chi connectivity index (χ1) is 14.7. The van der Waals surface area contributed by atoms with Crippen molar-refractivity contribution in [2.45, 2.75) is 110 Å². The lowest BCUT2D eigenvalue weighted by atomic mass is 9.81. The van der Waals surface area contributed by atoms with Crippen LogP contribution >= 0.6 is 0 Å². The maximum Gasteiger partial charge on any atom is 0.409 e. The van der Waals surface area contributed by atoms with Crippen LogP contribution in [0.25, 0.3) is 0 Å². The Kier molecular flexibility index (Phi) is 9.86. The normalized spacial score (nSPS) is 25.3. The highest BCUT2D eigenvalue weighted by Gasteiger charge is 2.50. The molecule has 0 bridgehead atoms. The van der Waals surface area contributed by atoms with Gasteiger partial charge in [0.15, 0.2) is 0 Å². The van der Waals surface area contributed by atoms with E-state index in [2.05, 4.69) is 26.1 Å². The molecule has 0 aromatic heterocycles. The van der Waals surface area contributed by atoms with Crippen LogP contribution in [0.1, 0.15) is 92.4 Å². The maximum atomic E-state index is 12.2. The minimum Gasteiger partial charge on any atom is -0.465 e. The lowest BCUT2D eigenvalue weighted by Gasteiger charge is -2.34. The fraction of sp³-hybridized carbons (Fsp3) is 0.840. The van der Waals surface area contributed by atoms with Gasteiger partial charge in [-0.2, -0.15) is 0 Å². The van der Waals surface area contributed by atoms with Gasteiger partial charge in [-0.1, -0.05) is 65.4 Å². The van der Waals surface area contributed by atoms with Crippen LogP contribution in [0.4, 0.5) is 4.79 Å². The average Bonchev–Trinajstić information content (AvgIpc) is 2.95. The largest absolute Gasteiger partial charge is 0.465 e. The van der Waals surface area contributed by atoms with Crippen LogP contribution in [0.2, 0.25) is 0 Å². The molecule has 2 fully saturated rings. The van der Waals surface area contributed by atoms with Crippen molar-refractivity contribution in [3.8, 4) is 0 Å². The van der Waals surface area contributed by atoms with Gasteiger partial charge in [0.25, 0.3) is 0 Å². The molecule has 178 valence electrons. The van der Waals surface area contributed by atoms with E-state index in [0.717, 1.165) is 25.7 Å². The van der Waals surface area contributed by atoms with Gasteiger partial charge in [-0.15, -0.1) is 0 Å². The highest BCUT2D eigenvalue weighted by atomic mass is 16.6. The van der Waals surface area contributed by atoms with Crippen molar-refractivity contribution in [3.63, 3.8) is 0 Å². The van der Waals surface area contributed by atoms with Crippen LogP contribution in [0.5, 0.6) is 0 Å². The van der Waals surface area contributed by atoms with Crippen LogP contribution in [-0.2, 0) is 9.53 Å². The van der Waals surface area contributed by atoms with Gasteiger partial charge in [0.05, 0.1) is 12.1 Å². The number of carbonyl (C=O) groups is 2. The van der Waals surface area contributed by atoms with Crippen LogP contribution in [0.3, 0.4) is 0 Å². The average molecular weight is 437 g/mol. The molecule has 0 radical (unpaired) electrons. The van der Waals surface area contributed by atoms with Crippen molar-refractivity contribution in [2.24, 2.45) is 17.8 Å². The zero-order valence-corrected chi connectivity index (χ0v) is 20.2. The SMILES string of the molecule is CCCCNC(=O)C=CC(C[C@@H]1OC(C)(C)N(C(=O)O)[C@H]1CC1CCCCC1)C(C)C. The first-order valence-electron chi connectivity index (χ1n) is 12.3. The van der Waals surface area contributed by atoms with E-state index < -0.39 is 11.8 Å². The summed E-state index contributed by atoms with van der Waals surface area (Å²) >= 11 is 0. The molecule has 3 atom stereocenters. The van der Waals surface area contributed by atoms with Crippen molar-refractivity contribution >= 4 is 12.0 Å². The van der Waals surface area contributed by atoms with Crippen molar-refractivity contribution in [3.05, 3.63) is 12.2 Å². The van der Waals surface area contributed by atoms with Crippen molar-refractivity contribution in [1.29, 1.82) is 0 Å². The maximum absolute atomic E-state index is 12.2. The predicted molar refractivity (Wildman–Crippen MR) is 124 cm³/mol. The minimum atomic E-state index is -0.903. The molecular weight excluding hydrogens is 392 g/mol. The molecule has 0 spiro atoms. The Morgan fingerprint density at radius 1 is 1.23 bits per heavy atom. The summed E-state index contributed by atoms with van der Waals surface area (Å²) in [6, 6.07) is -0.136. The Hall–Kier alpha value is -1.56. The summed E-state index contributed by atoms with van der Waals surface area (Å²) in [5, 5.41) is 12.9. The van der Waals surface area contributed by atoms with E-state index in [-0.39, 0.29) is 24.0 Å². The summed E-state index contributed by atoms with van der Waals surface area (Å²) in [5.74, 6) is 0.997. The van der Waals surface area contributed by atoms with Crippen LogP contribution in [0.15, 0.2) is 12.2 Å². The number of carbonyl (C=O) groups excluding carboxylic acids is 1. The second-order valence-electron chi connectivity index (χ2n) is 10.2. The van der Waals surface area contributed by atoms with Crippen molar-refractivity contribution < 1.29 is 19.4 Å². The van der Waals surface area contributed by atoms with Gasteiger partial charge in [-0.25, -0.2) is 4.79 Å². The third-order valence-electron chi connectivity index (χ3n) is 6.97. The number of hydrogen-bond donors (Lipinski definition) is 2. The third-order valence-corrected chi connectivity index (χ3v) is 6.97. The summed E-state index contributed by atoms with van der Waals surface area (Å²) in [7, 11) is 0. The Labute approximate surface area is 188 Å². The van der Waals surface area contributed by atoms with Gasteiger partial charge in [-0.3, -0.25) is 9.69 Å². The van der Waals surface area contributed by atoms with Crippen molar-refractivity contribution in [1.82, 2.24) is 10.2 Å². The van der Waals surface area contributed by atoms with Crippen LogP contribution in [0, 0.1) is 17.8 Å². The number of ether oxygens (including phenoxy) is 1. The van der Waals surface area contributed by atoms with E-state index in [1.54, 1.807) is 11.0 Å². The molecule has 1 saturated carbocycles. The molecule has 1 unspecified atom stereocenters. The summed E-state index contributed by atoms with van der Waals surface area (Å²) < 4.78 is 6.35. The Morgan fingerprint density at radius 3 is 2.48 bits per heavy atom. The number of amides is 2. The molecule has 1 heterocycles. The lowest BCUT2D eigenvalue weighted by molar-refractivity contribution is -0.116. The molecule has 6 nitrogen and oxygen atoms in total. The zero-order valence-electron chi connectivity index (χ0n) is 20.2. The highest BCUT2D eigenvalue weighted by Crippen LogP contribution is 2.41. The number of nitrogens with zero attached hydrogens (tertiary/aromatic N) is 1. The fourth-order valence-electron chi connectivity index (χ4n) is 5.17. The fourth-order valence-corrected chi connectivity index (χ4v) is 5.17. The number of hydrogen-bond acceptors (Lipinski definition) is 3. The van der Waals surface area contributed by atoms with Gasteiger partial charge in [0, 0.05) is 6.54 Å². The van der Waals surface area contributed by atoms with Crippen molar-refractivity contribution in [2.75, 3.05) is 6.54 Å². The standard InChI is InChI=1S/C25H44N2O4/c1-6-7-15-26-23(28)14-13-20(18(2)3)17-22-21(16-19-11-9-8-10-12-19)27(24(29)30)25(4,5)31-22/h13-14,18-22H,6-12,15-17H2,1-5H3,(H,26,28)(H,29,30)/t20?,21-,22-/m0/s1. The molecule has 2 aliphatic rings. The molecule has 2 amide bonds. The molecule has 2 rings (SSSR count). The number of allylic oxidation sites excluding steroid dienone is 1. The number of carboxylic acid groups (broad SMARTS) is 1. The smallest absolute Gasteiger partial charge is 0.409 e. The minimum absolute atomic E-state index is 0.0577. The molecule has 1 aliphatic heterocycles.